The first-order chi connectivity index (χ1) is 13.9. The van der Waals surface area contributed by atoms with E-state index in [9.17, 15) is 14.7 Å². The summed E-state index contributed by atoms with van der Waals surface area (Å²) in [7, 11) is 0. The number of amides is 2. The normalized spacial score (nSPS) is 13.0. The van der Waals surface area contributed by atoms with Crippen molar-refractivity contribution in [2.24, 2.45) is 11.1 Å². The summed E-state index contributed by atoms with van der Waals surface area (Å²) < 4.78 is 21.6. The number of carbonyl (C=O) groups excluding carboxylic acids is 1. The highest BCUT2D eigenvalue weighted by atomic mass is 16.6. The van der Waals surface area contributed by atoms with Gasteiger partial charge in [0.15, 0.2) is 0 Å². The Hall–Kier alpha value is -1.62. The molecule has 0 heterocycles. The number of carbonyl (C=O) groups is 2. The Morgan fingerprint density at radius 3 is 1.93 bits per heavy atom. The third-order valence-corrected chi connectivity index (χ3v) is 3.94. The highest BCUT2D eigenvalue weighted by Gasteiger charge is 2.28. The fraction of sp³-hybridized carbons (Fsp3) is 0.900. The van der Waals surface area contributed by atoms with E-state index in [1.807, 2.05) is 41.5 Å². The van der Waals surface area contributed by atoms with Gasteiger partial charge in [-0.15, -0.1) is 0 Å². The average molecular weight is 436 g/mol. The summed E-state index contributed by atoms with van der Waals surface area (Å²) in [4.78, 5) is 24.5. The molecule has 0 aliphatic rings. The van der Waals surface area contributed by atoms with Crippen LogP contribution in [-0.2, 0) is 18.9 Å². The number of alkyl carbamates (subject to hydrolysis) is 1. The molecule has 0 radical (unpaired) electrons. The Balaban J connectivity index is 4.13. The number of nitrogens with two attached hydrogens (primary N) is 1. The van der Waals surface area contributed by atoms with Crippen LogP contribution < -0.4 is 11.1 Å². The van der Waals surface area contributed by atoms with E-state index in [2.05, 4.69) is 5.32 Å². The summed E-state index contributed by atoms with van der Waals surface area (Å²) in [6.45, 7) is 14.3. The predicted octanol–water partition coefficient (Wildman–Crippen LogP) is 1.91. The van der Waals surface area contributed by atoms with E-state index in [-0.39, 0.29) is 31.2 Å². The molecule has 2 amide bonds. The van der Waals surface area contributed by atoms with Gasteiger partial charge in [0.25, 0.3) is 0 Å². The zero-order valence-corrected chi connectivity index (χ0v) is 19.4. The van der Waals surface area contributed by atoms with E-state index in [0.29, 0.717) is 39.6 Å². The fourth-order valence-electron chi connectivity index (χ4n) is 2.22. The molecule has 0 spiro atoms. The van der Waals surface area contributed by atoms with Crippen molar-refractivity contribution in [3.63, 3.8) is 0 Å². The van der Waals surface area contributed by atoms with Crippen LogP contribution in [0.5, 0.6) is 0 Å². The van der Waals surface area contributed by atoms with Crippen molar-refractivity contribution in [2.75, 3.05) is 59.3 Å². The van der Waals surface area contributed by atoms with Crippen LogP contribution in [0, 0.1) is 5.41 Å². The Labute approximate surface area is 180 Å². The second-order valence-electron chi connectivity index (χ2n) is 8.92. The molecular weight excluding hydrogens is 394 g/mol. The molecule has 0 aromatic heterocycles. The van der Waals surface area contributed by atoms with E-state index in [4.69, 9.17) is 24.7 Å². The van der Waals surface area contributed by atoms with E-state index < -0.39 is 17.8 Å². The minimum atomic E-state index is -1.02. The van der Waals surface area contributed by atoms with Gasteiger partial charge in [0.1, 0.15) is 5.60 Å². The topological polar surface area (TPSA) is 133 Å². The van der Waals surface area contributed by atoms with Gasteiger partial charge < -0.3 is 40.0 Å². The van der Waals surface area contributed by atoms with Crippen molar-refractivity contribution >= 4 is 12.2 Å². The van der Waals surface area contributed by atoms with Gasteiger partial charge in [-0.05, 0) is 26.2 Å². The van der Waals surface area contributed by atoms with Gasteiger partial charge in [-0.1, -0.05) is 20.8 Å². The smallest absolute Gasteiger partial charge is 0.407 e. The molecule has 0 aromatic rings. The summed E-state index contributed by atoms with van der Waals surface area (Å²) in [6.07, 6.45) is -1.50. The molecule has 10 nitrogen and oxygen atoms in total. The summed E-state index contributed by atoms with van der Waals surface area (Å²) in [5, 5.41) is 12.0. The summed E-state index contributed by atoms with van der Waals surface area (Å²) in [5.41, 5.74) is 4.54. The third-order valence-electron chi connectivity index (χ3n) is 3.94. The van der Waals surface area contributed by atoms with Crippen LogP contribution in [0.2, 0.25) is 0 Å². The molecule has 0 aromatic carbocycles. The lowest BCUT2D eigenvalue weighted by Crippen LogP contribution is -2.48. The molecular formula is C20H41N3O7. The lowest BCUT2D eigenvalue weighted by molar-refractivity contribution is 0.0106. The second kappa shape index (κ2) is 14.4. The van der Waals surface area contributed by atoms with E-state index >= 15 is 0 Å². The van der Waals surface area contributed by atoms with Gasteiger partial charge in [0.2, 0.25) is 0 Å². The molecule has 1 atom stereocenters. The number of hydrogen-bond donors (Lipinski definition) is 3. The average Bonchev–Trinajstić information content (AvgIpc) is 2.58. The number of rotatable bonds is 14. The van der Waals surface area contributed by atoms with Crippen LogP contribution >= 0.6 is 0 Å². The molecule has 0 aliphatic carbocycles. The SMILES string of the molecule is CC(C)(C)OC(=O)NC(COCCOCCN(CCOCCN)C(=O)O)C(C)(C)C. The highest BCUT2D eigenvalue weighted by Crippen LogP contribution is 2.20. The molecule has 30 heavy (non-hydrogen) atoms. The second-order valence-corrected chi connectivity index (χ2v) is 8.92. The van der Waals surface area contributed by atoms with Crippen molar-refractivity contribution in [3.05, 3.63) is 0 Å². The molecule has 0 bridgehead atoms. The van der Waals surface area contributed by atoms with E-state index in [1.165, 1.54) is 4.90 Å². The minimum absolute atomic E-state index is 0.217. The van der Waals surface area contributed by atoms with Gasteiger partial charge in [0.05, 0.1) is 45.7 Å². The lowest BCUT2D eigenvalue weighted by atomic mass is 9.87. The molecule has 0 aliphatic heterocycles. The van der Waals surface area contributed by atoms with Crippen molar-refractivity contribution in [1.29, 1.82) is 0 Å². The van der Waals surface area contributed by atoms with Crippen molar-refractivity contribution in [2.45, 2.75) is 53.2 Å². The van der Waals surface area contributed by atoms with Crippen molar-refractivity contribution < 1.29 is 33.6 Å². The molecule has 178 valence electrons. The Kier molecular flexibility index (Phi) is 13.6. The number of nitrogens with one attached hydrogen (secondary N) is 1. The first-order valence-electron chi connectivity index (χ1n) is 10.3. The van der Waals surface area contributed by atoms with Crippen molar-refractivity contribution in [3.8, 4) is 0 Å². The predicted molar refractivity (Wildman–Crippen MR) is 114 cm³/mol. The fourth-order valence-corrected chi connectivity index (χ4v) is 2.22. The largest absolute Gasteiger partial charge is 0.465 e. The number of hydrogen-bond acceptors (Lipinski definition) is 7. The zero-order chi connectivity index (χ0) is 23.2. The van der Waals surface area contributed by atoms with Crippen LogP contribution in [0.15, 0.2) is 0 Å². The van der Waals surface area contributed by atoms with Gasteiger partial charge in [-0.2, -0.15) is 0 Å². The Morgan fingerprint density at radius 2 is 1.47 bits per heavy atom. The molecule has 4 N–H and O–H groups in total. The lowest BCUT2D eigenvalue weighted by Gasteiger charge is -2.32. The first-order valence-corrected chi connectivity index (χ1v) is 10.3. The van der Waals surface area contributed by atoms with Crippen LogP contribution in [0.1, 0.15) is 41.5 Å². The monoisotopic (exact) mass is 435 g/mol. The standard InChI is InChI=1S/C20H41N3O7/c1-19(2,3)16(22-17(24)30-20(4,5)6)15-29-14-13-28-12-9-23(18(25)26)8-11-27-10-7-21/h16H,7-15,21H2,1-6H3,(H,22,24)(H,25,26). The van der Waals surface area contributed by atoms with E-state index in [1.54, 1.807) is 0 Å². The van der Waals surface area contributed by atoms with Gasteiger partial charge in [0, 0.05) is 19.6 Å². The van der Waals surface area contributed by atoms with Crippen LogP contribution in [0.25, 0.3) is 0 Å². The van der Waals surface area contributed by atoms with Crippen LogP contribution in [0.4, 0.5) is 9.59 Å². The minimum Gasteiger partial charge on any atom is -0.465 e. The third kappa shape index (κ3) is 15.3. The van der Waals surface area contributed by atoms with Gasteiger partial charge in [-0.25, -0.2) is 9.59 Å². The molecule has 10 heteroatoms. The number of carboxylic acid groups (broad SMARTS) is 1. The Bertz CT molecular complexity index is 490. The summed E-state index contributed by atoms with van der Waals surface area (Å²) >= 11 is 0. The van der Waals surface area contributed by atoms with Gasteiger partial charge >= 0.3 is 12.2 Å². The molecule has 1 unspecified atom stereocenters. The Morgan fingerprint density at radius 1 is 0.933 bits per heavy atom. The maximum atomic E-state index is 12.0. The molecule has 0 rings (SSSR count). The molecule has 0 saturated heterocycles. The van der Waals surface area contributed by atoms with Crippen LogP contribution in [0.3, 0.4) is 0 Å². The zero-order valence-electron chi connectivity index (χ0n) is 19.4. The summed E-state index contributed by atoms with van der Waals surface area (Å²) in [6, 6.07) is -0.233. The number of nitrogens with zero attached hydrogens (tertiary/aromatic N) is 1. The van der Waals surface area contributed by atoms with Crippen molar-refractivity contribution in [1.82, 2.24) is 10.2 Å². The van der Waals surface area contributed by atoms with Crippen LogP contribution in [-0.4, -0.2) is 93.1 Å². The first kappa shape index (κ1) is 28.4. The maximum absolute atomic E-state index is 12.0. The van der Waals surface area contributed by atoms with E-state index in [0.717, 1.165) is 0 Å². The summed E-state index contributed by atoms with van der Waals surface area (Å²) in [5.74, 6) is 0. The highest BCUT2D eigenvalue weighted by molar-refractivity contribution is 5.68. The number of ether oxygens (including phenoxy) is 4. The maximum Gasteiger partial charge on any atom is 0.407 e. The molecule has 0 saturated carbocycles. The molecule has 0 fully saturated rings. The van der Waals surface area contributed by atoms with Gasteiger partial charge in [-0.3, -0.25) is 0 Å². The quantitative estimate of drug-likeness (QED) is 0.353.